The van der Waals surface area contributed by atoms with Gasteiger partial charge in [0.05, 0.1) is 21.7 Å². The van der Waals surface area contributed by atoms with Crippen molar-refractivity contribution in [2.75, 3.05) is 5.75 Å². The standard InChI is InChI=1S/C28H26F3N3O5S/c1-2-40(37,38)23-8-3-17(4-9-23)15-32-27(36)20-7-10-25-24(13-20)33-26(19-5-6-19)34(25)16-18-11-21(35)14-22(12-18)39-28(29,30)31/h3-4,7-14,19,35H,2,5-6,15-16H2,1H3,(H,32,36). The van der Waals surface area contributed by atoms with Gasteiger partial charge in [-0.05, 0) is 66.4 Å². The molecule has 0 aliphatic heterocycles. The van der Waals surface area contributed by atoms with Gasteiger partial charge >= 0.3 is 6.36 Å². The van der Waals surface area contributed by atoms with Crippen LogP contribution in [0.1, 0.15) is 53.0 Å². The normalized spacial score (nSPS) is 13.9. The van der Waals surface area contributed by atoms with E-state index in [1.165, 1.54) is 24.3 Å². The summed E-state index contributed by atoms with van der Waals surface area (Å²) in [5, 5.41) is 12.8. The lowest BCUT2D eigenvalue weighted by Crippen LogP contribution is -2.22. The third kappa shape index (κ3) is 6.22. The summed E-state index contributed by atoms with van der Waals surface area (Å²) in [7, 11) is -3.31. The molecule has 3 aromatic carbocycles. The smallest absolute Gasteiger partial charge is 0.508 e. The molecule has 0 saturated heterocycles. The highest BCUT2D eigenvalue weighted by Crippen LogP contribution is 2.41. The molecule has 5 rings (SSSR count). The number of phenolic OH excluding ortho intramolecular Hbond substituents is 1. The van der Waals surface area contributed by atoms with Gasteiger partial charge in [-0.15, -0.1) is 13.2 Å². The van der Waals surface area contributed by atoms with Crippen molar-refractivity contribution in [2.45, 2.75) is 50.0 Å². The minimum absolute atomic E-state index is 0.00507. The van der Waals surface area contributed by atoms with Gasteiger partial charge in [-0.3, -0.25) is 4.79 Å². The molecule has 4 aromatic rings. The van der Waals surface area contributed by atoms with Crippen LogP contribution in [0.15, 0.2) is 65.6 Å². The van der Waals surface area contributed by atoms with Crippen molar-refractivity contribution in [1.29, 1.82) is 0 Å². The molecular formula is C28H26F3N3O5S. The van der Waals surface area contributed by atoms with Gasteiger partial charge in [-0.1, -0.05) is 19.1 Å². The number of hydrogen-bond donors (Lipinski definition) is 2. The molecule has 1 aliphatic rings. The predicted octanol–water partition coefficient (Wildman–Crippen LogP) is 5.29. The van der Waals surface area contributed by atoms with E-state index in [1.807, 2.05) is 4.57 Å². The Labute approximate surface area is 228 Å². The zero-order valence-corrected chi connectivity index (χ0v) is 22.2. The molecule has 40 heavy (non-hydrogen) atoms. The van der Waals surface area contributed by atoms with Crippen molar-refractivity contribution < 1.29 is 36.2 Å². The first-order chi connectivity index (χ1) is 18.9. The molecule has 1 aliphatic carbocycles. The van der Waals surface area contributed by atoms with Crippen LogP contribution in [-0.2, 0) is 22.9 Å². The highest BCUT2D eigenvalue weighted by Gasteiger charge is 2.32. The van der Waals surface area contributed by atoms with E-state index in [2.05, 4.69) is 10.1 Å². The van der Waals surface area contributed by atoms with E-state index in [1.54, 1.807) is 37.3 Å². The molecule has 0 atom stereocenters. The van der Waals surface area contributed by atoms with Gasteiger partial charge in [0.2, 0.25) is 0 Å². The second-order valence-electron chi connectivity index (χ2n) is 9.65. The summed E-state index contributed by atoms with van der Waals surface area (Å²) < 4.78 is 68.0. The Bertz CT molecular complexity index is 1680. The number of aromatic hydroxyl groups is 1. The fraction of sp³-hybridized carbons (Fsp3) is 0.286. The van der Waals surface area contributed by atoms with E-state index in [0.717, 1.165) is 30.3 Å². The van der Waals surface area contributed by atoms with Crippen LogP contribution in [0.3, 0.4) is 0 Å². The average molecular weight is 574 g/mol. The predicted molar refractivity (Wildman–Crippen MR) is 141 cm³/mol. The number of ether oxygens (including phenoxy) is 1. The number of nitrogens with one attached hydrogen (secondary N) is 1. The van der Waals surface area contributed by atoms with E-state index < -0.39 is 21.9 Å². The third-order valence-electron chi connectivity index (χ3n) is 6.62. The molecular weight excluding hydrogens is 547 g/mol. The number of carbonyl (C=O) groups is 1. The van der Waals surface area contributed by atoms with E-state index in [4.69, 9.17) is 4.98 Å². The number of fused-ring (bicyclic) bond motifs is 1. The summed E-state index contributed by atoms with van der Waals surface area (Å²) in [6, 6.07) is 14.9. The number of amides is 1. The Hall–Kier alpha value is -4.06. The molecule has 12 heteroatoms. The Morgan fingerprint density at radius 3 is 2.45 bits per heavy atom. The van der Waals surface area contributed by atoms with E-state index in [0.29, 0.717) is 22.2 Å². The topological polar surface area (TPSA) is 111 Å². The number of sulfone groups is 1. The van der Waals surface area contributed by atoms with Crippen molar-refractivity contribution in [3.05, 3.63) is 83.2 Å². The Kier molecular flexibility index (Phi) is 7.21. The van der Waals surface area contributed by atoms with Gasteiger partial charge in [0.15, 0.2) is 9.84 Å². The third-order valence-corrected chi connectivity index (χ3v) is 8.37. The maximum atomic E-state index is 12.9. The first-order valence-electron chi connectivity index (χ1n) is 12.6. The number of halogens is 3. The maximum Gasteiger partial charge on any atom is 0.573 e. The van der Waals surface area contributed by atoms with Crippen LogP contribution in [0.25, 0.3) is 11.0 Å². The van der Waals surface area contributed by atoms with Crippen LogP contribution in [0, 0.1) is 0 Å². The summed E-state index contributed by atoms with van der Waals surface area (Å²) in [6.07, 6.45) is -3.03. The molecule has 8 nitrogen and oxygen atoms in total. The molecule has 2 N–H and O–H groups in total. The maximum absolute atomic E-state index is 12.9. The van der Waals surface area contributed by atoms with Crippen molar-refractivity contribution >= 4 is 26.8 Å². The number of alkyl halides is 3. The molecule has 0 radical (unpaired) electrons. The van der Waals surface area contributed by atoms with Gasteiger partial charge < -0.3 is 19.7 Å². The number of nitrogens with zero attached hydrogens (tertiary/aromatic N) is 2. The lowest BCUT2D eigenvalue weighted by Gasteiger charge is -2.13. The van der Waals surface area contributed by atoms with E-state index in [9.17, 15) is 31.5 Å². The van der Waals surface area contributed by atoms with Crippen LogP contribution < -0.4 is 10.1 Å². The monoisotopic (exact) mass is 573 g/mol. The lowest BCUT2D eigenvalue weighted by molar-refractivity contribution is -0.274. The highest BCUT2D eigenvalue weighted by atomic mass is 32.2. The van der Waals surface area contributed by atoms with Crippen LogP contribution in [0.5, 0.6) is 11.5 Å². The number of benzene rings is 3. The van der Waals surface area contributed by atoms with Gasteiger partial charge in [0.1, 0.15) is 17.3 Å². The van der Waals surface area contributed by atoms with Crippen molar-refractivity contribution in [3.63, 3.8) is 0 Å². The molecule has 1 saturated carbocycles. The second kappa shape index (κ2) is 10.5. The summed E-state index contributed by atoms with van der Waals surface area (Å²) in [6.45, 7) is 1.93. The average Bonchev–Trinajstić information content (AvgIpc) is 3.68. The SMILES string of the molecule is CCS(=O)(=O)c1ccc(CNC(=O)c2ccc3c(c2)nc(C2CC2)n3Cc2cc(O)cc(OC(F)(F)F)c2)cc1. The summed E-state index contributed by atoms with van der Waals surface area (Å²) in [5.41, 5.74) is 2.79. The molecule has 1 heterocycles. The molecule has 1 amide bonds. The molecule has 0 spiro atoms. The number of hydrogen-bond acceptors (Lipinski definition) is 6. The number of carbonyl (C=O) groups excluding carboxylic acids is 1. The number of rotatable bonds is 9. The summed E-state index contributed by atoms with van der Waals surface area (Å²) in [4.78, 5) is 17.8. The number of phenols is 1. The van der Waals surface area contributed by atoms with Gasteiger partial charge in [0, 0.05) is 30.6 Å². The molecule has 0 bridgehead atoms. The number of aromatic nitrogens is 2. The summed E-state index contributed by atoms with van der Waals surface area (Å²) >= 11 is 0. The molecule has 1 aromatic heterocycles. The van der Waals surface area contributed by atoms with Crippen LogP contribution in [0.2, 0.25) is 0 Å². The van der Waals surface area contributed by atoms with Crippen LogP contribution >= 0.6 is 0 Å². The molecule has 210 valence electrons. The second-order valence-corrected chi connectivity index (χ2v) is 11.9. The summed E-state index contributed by atoms with van der Waals surface area (Å²) in [5.74, 6) is -0.235. The zero-order valence-electron chi connectivity index (χ0n) is 21.4. The Morgan fingerprint density at radius 1 is 1.07 bits per heavy atom. The van der Waals surface area contributed by atoms with E-state index in [-0.39, 0.29) is 41.3 Å². The largest absolute Gasteiger partial charge is 0.573 e. The van der Waals surface area contributed by atoms with Gasteiger partial charge in [0.25, 0.3) is 5.91 Å². The van der Waals surface area contributed by atoms with E-state index >= 15 is 0 Å². The zero-order chi connectivity index (χ0) is 28.7. The minimum Gasteiger partial charge on any atom is -0.508 e. The van der Waals surface area contributed by atoms with Crippen LogP contribution in [0.4, 0.5) is 13.2 Å². The van der Waals surface area contributed by atoms with Crippen molar-refractivity contribution in [3.8, 4) is 11.5 Å². The lowest BCUT2D eigenvalue weighted by atomic mass is 10.1. The van der Waals surface area contributed by atoms with Crippen molar-refractivity contribution in [2.24, 2.45) is 0 Å². The molecule has 1 fully saturated rings. The fourth-order valence-corrected chi connectivity index (χ4v) is 5.37. The first kappa shape index (κ1) is 27.5. The minimum atomic E-state index is -4.89. The fourth-order valence-electron chi connectivity index (χ4n) is 4.48. The quantitative estimate of drug-likeness (QED) is 0.282. The Balaban J connectivity index is 1.35. The number of imidazole rings is 1. The van der Waals surface area contributed by atoms with Crippen molar-refractivity contribution in [1.82, 2.24) is 14.9 Å². The molecule has 0 unspecified atom stereocenters. The van der Waals surface area contributed by atoms with Gasteiger partial charge in [-0.25, -0.2) is 13.4 Å². The first-order valence-corrected chi connectivity index (χ1v) is 14.3. The highest BCUT2D eigenvalue weighted by molar-refractivity contribution is 7.91. The van der Waals surface area contributed by atoms with Gasteiger partial charge in [-0.2, -0.15) is 0 Å². The Morgan fingerprint density at radius 2 is 1.80 bits per heavy atom. The van der Waals surface area contributed by atoms with Crippen LogP contribution in [-0.4, -0.2) is 41.1 Å².